The molecule has 0 radical (unpaired) electrons. The van der Waals surface area contributed by atoms with Crippen molar-refractivity contribution in [1.29, 1.82) is 0 Å². The summed E-state index contributed by atoms with van der Waals surface area (Å²) in [7, 11) is 0. The summed E-state index contributed by atoms with van der Waals surface area (Å²) < 4.78 is 5.39. The van der Waals surface area contributed by atoms with E-state index in [1.807, 2.05) is 6.08 Å². The number of esters is 1. The molecule has 1 heterocycles. The molecule has 1 aliphatic heterocycles. The van der Waals surface area contributed by atoms with Crippen LogP contribution >= 0.6 is 0 Å². The Morgan fingerprint density at radius 1 is 1.35 bits per heavy atom. The third kappa shape index (κ3) is 1.28. The maximum Gasteiger partial charge on any atom is 0.334 e. The predicted molar refractivity (Wildman–Crippen MR) is 62.0 cm³/mol. The number of fused-ring (bicyclic) bond motifs is 3. The first-order chi connectivity index (χ1) is 8.13. The molecule has 0 aromatic carbocycles. The molecule has 1 unspecified atom stereocenters. The number of rotatable bonds is 1. The van der Waals surface area contributed by atoms with Gasteiger partial charge in [-0.25, -0.2) is 4.79 Å². The molecule has 0 bridgehead atoms. The summed E-state index contributed by atoms with van der Waals surface area (Å²) in [4.78, 5) is 22.6. The van der Waals surface area contributed by atoms with E-state index in [0.29, 0.717) is 5.57 Å². The van der Waals surface area contributed by atoms with Crippen molar-refractivity contribution in [2.24, 2.45) is 17.8 Å². The van der Waals surface area contributed by atoms with Crippen LogP contribution in [0, 0.1) is 17.8 Å². The topological polar surface area (TPSA) is 43.4 Å². The lowest BCUT2D eigenvalue weighted by Crippen LogP contribution is -2.37. The molecule has 2 fully saturated rings. The van der Waals surface area contributed by atoms with E-state index in [2.05, 4.69) is 13.2 Å². The van der Waals surface area contributed by atoms with Gasteiger partial charge < -0.3 is 4.74 Å². The number of carbonyl (C=O) groups excluding carboxylic acids is 2. The fourth-order valence-corrected chi connectivity index (χ4v) is 3.37. The standard InChI is InChI=1S/C14H14O3/c1-7-5-11-8(2)14(16)17-13(11)12-9(6-15)3-4-10(7)12/h3,6,10-13H,1-2,4-5H2/t10-,11?,12-,13-/m0/s1. The van der Waals surface area contributed by atoms with E-state index in [1.165, 1.54) is 0 Å². The van der Waals surface area contributed by atoms with Crippen LogP contribution in [-0.2, 0) is 14.3 Å². The minimum absolute atomic E-state index is 0.00181. The second-order valence-corrected chi connectivity index (χ2v) is 5.05. The van der Waals surface area contributed by atoms with Crippen LogP contribution in [0.5, 0.6) is 0 Å². The minimum atomic E-state index is -0.314. The van der Waals surface area contributed by atoms with E-state index in [4.69, 9.17) is 4.74 Å². The van der Waals surface area contributed by atoms with Crippen molar-refractivity contribution in [2.75, 3.05) is 0 Å². The maximum absolute atomic E-state index is 11.6. The summed E-state index contributed by atoms with van der Waals surface area (Å²) in [5.74, 6) is -0.0413. The molecule has 0 spiro atoms. The van der Waals surface area contributed by atoms with Crippen LogP contribution in [0.25, 0.3) is 0 Å². The summed E-state index contributed by atoms with van der Waals surface area (Å²) in [5, 5.41) is 0. The van der Waals surface area contributed by atoms with Gasteiger partial charge in [-0.2, -0.15) is 0 Å². The van der Waals surface area contributed by atoms with Crippen molar-refractivity contribution in [2.45, 2.75) is 18.9 Å². The predicted octanol–water partition coefficient (Wildman–Crippen LogP) is 1.81. The van der Waals surface area contributed by atoms with Gasteiger partial charge in [-0.3, -0.25) is 4.79 Å². The van der Waals surface area contributed by atoms with Crippen LogP contribution in [0.1, 0.15) is 12.8 Å². The first-order valence-electron chi connectivity index (χ1n) is 5.86. The van der Waals surface area contributed by atoms with Crippen LogP contribution < -0.4 is 0 Å². The van der Waals surface area contributed by atoms with Crippen molar-refractivity contribution < 1.29 is 14.3 Å². The largest absolute Gasteiger partial charge is 0.458 e. The first kappa shape index (κ1) is 10.5. The van der Waals surface area contributed by atoms with E-state index < -0.39 is 0 Å². The summed E-state index contributed by atoms with van der Waals surface area (Å²) >= 11 is 0. The van der Waals surface area contributed by atoms with Gasteiger partial charge in [0.1, 0.15) is 12.4 Å². The second-order valence-electron chi connectivity index (χ2n) is 5.05. The highest BCUT2D eigenvalue weighted by Crippen LogP contribution is 2.51. The lowest BCUT2D eigenvalue weighted by molar-refractivity contribution is -0.142. The number of allylic oxidation sites excluding steroid dienone is 2. The molecule has 2 aliphatic carbocycles. The Morgan fingerprint density at radius 3 is 2.82 bits per heavy atom. The van der Waals surface area contributed by atoms with E-state index in [-0.39, 0.29) is 29.8 Å². The zero-order valence-electron chi connectivity index (χ0n) is 9.52. The Morgan fingerprint density at radius 2 is 2.12 bits per heavy atom. The third-order valence-electron chi connectivity index (χ3n) is 4.27. The lowest BCUT2D eigenvalue weighted by Gasteiger charge is -2.36. The van der Waals surface area contributed by atoms with Crippen molar-refractivity contribution >= 4 is 12.3 Å². The molecule has 3 rings (SSSR count). The van der Waals surface area contributed by atoms with Gasteiger partial charge in [0.25, 0.3) is 0 Å². The van der Waals surface area contributed by atoms with Gasteiger partial charge in [-0.15, -0.1) is 0 Å². The van der Waals surface area contributed by atoms with Gasteiger partial charge in [0.05, 0.1) is 0 Å². The molecule has 4 atom stereocenters. The summed E-state index contributed by atoms with van der Waals surface area (Å²) in [6.07, 6.45) is 4.23. The van der Waals surface area contributed by atoms with Crippen LogP contribution in [0.4, 0.5) is 0 Å². The molecule has 0 N–H and O–H groups in total. The molecular formula is C14H14O3. The van der Waals surface area contributed by atoms with Gasteiger partial charge in [0, 0.05) is 17.4 Å². The van der Waals surface area contributed by atoms with E-state index in [1.54, 1.807) is 0 Å². The maximum atomic E-state index is 11.6. The van der Waals surface area contributed by atoms with Crippen LogP contribution in [0.3, 0.4) is 0 Å². The molecule has 1 saturated carbocycles. The fourth-order valence-electron chi connectivity index (χ4n) is 3.37. The van der Waals surface area contributed by atoms with Gasteiger partial charge in [0.15, 0.2) is 0 Å². The monoisotopic (exact) mass is 230 g/mol. The number of hydrogen-bond donors (Lipinski definition) is 0. The summed E-state index contributed by atoms with van der Waals surface area (Å²) in [6, 6.07) is 0. The first-order valence-corrected chi connectivity index (χ1v) is 5.86. The SMILES string of the molecule is C=C1C(=O)O[C@H]2C1CC(=C)[C@@H]1CC=C(C=O)[C@@H]12. The molecule has 0 amide bonds. The Labute approximate surface area is 99.8 Å². The normalized spacial score (nSPS) is 39.5. The van der Waals surface area contributed by atoms with Crippen LogP contribution in [-0.4, -0.2) is 18.4 Å². The van der Waals surface area contributed by atoms with Gasteiger partial charge >= 0.3 is 5.97 Å². The number of aldehydes is 1. The summed E-state index contributed by atoms with van der Waals surface area (Å²) in [6.45, 7) is 7.88. The fraction of sp³-hybridized carbons (Fsp3) is 0.429. The molecule has 0 aromatic heterocycles. The highest BCUT2D eigenvalue weighted by atomic mass is 16.6. The van der Waals surface area contributed by atoms with E-state index in [0.717, 1.165) is 30.3 Å². The molecule has 88 valence electrons. The molecule has 0 aromatic rings. The Bertz CT molecular complexity index is 472. The zero-order chi connectivity index (χ0) is 12.2. The minimum Gasteiger partial charge on any atom is -0.458 e. The van der Waals surface area contributed by atoms with Crippen molar-refractivity contribution in [3.63, 3.8) is 0 Å². The molecule has 17 heavy (non-hydrogen) atoms. The highest BCUT2D eigenvalue weighted by Gasteiger charge is 2.52. The van der Waals surface area contributed by atoms with Gasteiger partial charge in [-0.1, -0.05) is 24.8 Å². The zero-order valence-corrected chi connectivity index (χ0v) is 9.52. The van der Waals surface area contributed by atoms with Crippen LogP contribution in [0.15, 0.2) is 36.0 Å². The van der Waals surface area contributed by atoms with Crippen molar-refractivity contribution in [1.82, 2.24) is 0 Å². The molecule has 1 saturated heterocycles. The summed E-state index contributed by atoms with van der Waals surface area (Å²) in [5.41, 5.74) is 2.41. The third-order valence-corrected chi connectivity index (χ3v) is 4.27. The van der Waals surface area contributed by atoms with Crippen LogP contribution in [0.2, 0.25) is 0 Å². The smallest absolute Gasteiger partial charge is 0.334 e. The van der Waals surface area contributed by atoms with Crippen molar-refractivity contribution in [3.05, 3.63) is 36.0 Å². The highest BCUT2D eigenvalue weighted by molar-refractivity contribution is 5.91. The second kappa shape index (κ2) is 3.42. The Hall–Kier alpha value is -1.64. The average molecular weight is 230 g/mol. The van der Waals surface area contributed by atoms with Crippen molar-refractivity contribution in [3.8, 4) is 0 Å². The number of hydrogen-bond acceptors (Lipinski definition) is 3. The quantitative estimate of drug-likeness (QED) is 0.298. The van der Waals surface area contributed by atoms with Gasteiger partial charge in [-0.05, 0) is 24.3 Å². The molecular weight excluding hydrogens is 216 g/mol. The lowest BCUT2D eigenvalue weighted by atomic mass is 9.68. The van der Waals surface area contributed by atoms with E-state index in [9.17, 15) is 9.59 Å². The molecule has 3 heteroatoms. The molecule has 3 aliphatic rings. The number of carbonyl (C=O) groups is 2. The Balaban J connectivity index is 2.01. The molecule has 3 nitrogen and oxygen atoms in total. The van der Waals surface area contributed by atoms with Gasteiger partial charge in [0.2, 0.25) is 0 Å². The average Bonchev–Trinajstić information content (AvgIpc) is 2.85. The number of ether oxygens (including phenoxy) is 1. The Kier molecular flexibility index (Phi) is 2.12. The van der Waals surface area contributed by atoms with E-state index >= 15 is 0 Å².